The zero-order chi connectivity index (χ0) is 14.2. The minimum absolute atomic E-state index is 0.0925. The third-order valence-corrected chi connectivity index (χ3v) is 2.65. The van der Waals surface area contributed by atoms with Gasteiger partial charge in [0.15, 0.2) is 0 Å². The predicted molar refractivity (Wildman–Crippen MR) is 70.2 cm³/mol. The first-order valence-electron chi connectivity index (χ1n) is 5.86. The van der Waals surface area contributed by atoms with Crippen LogP contribution in [0.15, 0.2) is 0 Å². The second-order valence-corrected chi connectivity index (χ2v) is 4.65. The van der Waals surface area contributed by atoms with Crippen LogP contribution >= 0.6 is 0 Å². The molecular formula is C11H16N6O2. The van der Waals surface area contributed by atoms with Crippen LogP contribution in [0, 0.1) is 0 Å². The van der Waals surface area contributed by atoms with Crippen molar-refractivity contribution in [1.82, 2.24) is 15.0 Å². The molecule has 2 heterocycles. The van der Waals surface area contributed by atoms with E-state index in [0.29, 0.717) is 11.9 Å². The van der Waals surface area contributed by atoms with Gasteiger partial charge in [0.25, 0.3) is 0 Å². The Kier molecular flexibility index (Phi) is 3.32. The molecule has 0 N–H and O–H groups in total. The Labute approximate surface area is 111 Å². The van der Waals surface area contributed by atoms with E-state index in [9.17, 15) is 9.59 Å². The minimum atomic E-state index is -0.273. The maximum Gasteiger partial charge on any atom is 0.245 e. The van der Waals surface area contributed by atoms with Gasteiger partial charge < -0.3 is 9.80 Å². The van der Waals surface area contributed by atoms with E-state index in [4.69, 9.17) is 0 Å². The number of hydrogen-bond acceptors (Lipinski definition) is 7. The fraction of sp³-hybridized carbons (Fsp3) is 0.545. The highest BCUT2D eigenvalue weighted by Gasteiger charge is 2.33. The van der Waals surface area contributed by atoms with Gasteiger partial charge in [-0.05, 0) is 0 Å². The van der Waals surface area contributed by atoms with E-state index in [1.54, 1.807) is 38.0 Å². The molecule has 0 radical (unpaired) electrons. The normalized spacial score (nSPS) is 15.1. The lowest BCUT2D eigenvalue weighted by Gasteiger charge is -2.18. The van der Waals surface area contributed by atoms with Gasteiger partial charge in [0.1, 0.15) is 0 Å². The summed E-state index contributed by atoms with van der Waals surface area (Å²) in [6, 6.07) is 0. The standard InChI is InChI=1S/C11H16N6O2/c1-15(2)9-12-10(16(3)4)14-11(13-9)17-7(18)5-6-8(17)19/h5-6H2,1-4H3. The van der Waals surface area contributed by atoms with Crippen molar-refractivity contribution in [2.75, 3.05) is 42.9 Å². The van der Waals surface area contributed by atoms with Crippen molar-refractivity contribution < 1.29 is 9.59 Å². The summed E-state index contributed by atoms with van der Waals surface area (Å²) in [4.78, 5) is 40.4. The molecule has 0 unspecified atom stereocenters. The van der Waals surface area contributed by atoms with Crippen LogP contribution in [0.25, 0.3) is 0 Å². The Balaban J connectivity index is 2.50. The van der Waals surface area contributed by atoms with Crippen LogP contribution in [0.1, 0.15) is 12.8 Å². The first-order valence-corrected chi connectivity index (χ1v) is 5.86. The Hall–Kier alpha value is -2.25. The van der Waals surface area contributed by atoms with Crippen LogP contribution in [-0.2, 0) is 9.59 Å². The molecule has 19 heavy (non-hydrogen) atoms. The van der Waals surface area contributed by atoms with E-state index >= 15 is 0 Å². The van der Waals surface area contributed by atoms with Gasteiger partial charge >= 0.3 is 0 Å². The van der Waals surface area contributed by atoms with Gasteiger partial charge in [0, 0.05) is 41.0 Å². The second-order valence-electron chi connectivity index (χ2n) is 4.65. The summed E-state index contributed by atoms with van der Waals surface area (Å²) in [7, 11) is 7.14. The molecule has 0 spiro atoms. The Morgan fingerprint density at radius 3 is 1.63 bits per heavy atom. The summed E-state index contributed by atoms with van der Waals surface area (Å²) in [5.41, 5.74) is 0. The molecule has 1 aliphatic heterocycles. The number of anilines is 3. The summed E-state index contributed by atoms with van der Waals surface area (Å²) in [6.45, 7) is 0. The first-order chi connectivity index (χ1) is 8.90. The lowest BCUT2D eigenvalue weighted by Crippen LogP contribution is -2.32. The number of nitrogens with zero attached hydrogens (tertiary/aromatic N) is 6. The molecular weight excluding hydrogens is 248 g/mol. The summed E-state index contributed by atoms with van der Waals surface area (Å²) in [5.74, 6) is 0.355. The molecule has 8 heteroatoms. The van der Waals surface area contributed by atoms with Crippen molar-refractivity contribution in [2.45, 2.75) is 12.8 Å². The van der Waals surface area contributed by atoms with Crippen LogP contribution in [0.4, 0.5) is 17.8 Å². The van der Waals surface area contributed by atoms with Gasteiger partial charge in [-0.3, -0.25) is 9.59 Å². The third-order valence-electron chi connectivity index (χ3n) is 2.65. The van der Waals surface area contributed by atoms with E-state index < -0.39 is 0 Å². The first kappa shape index (κ1) is 13.2. The monoisotopic (exact) mass is 264 g/mol. The van der Waals surface area contributed by atoms with E-state index in [2.05, 4.69) is 15.0 Å². The van der Waals surface area contributed by atoms with Gasteiger partial charge in [-0.1, -0.05) is 0 Å². The molecule has 0 atom stereocenters. The summed E-state index contributed by atoms with van der Waals surface area (Å²) in [6.07, 6.45) is 0.415. The number of rotatable bonds is 3. The fourth-order valence-corrected chi connectivity index (χ4v) is 1.64. The Morgan fingerprint density at radius 2 is 1.26 bits per heavy atom. The zero-order valence-electron chi connectivity index (χ0n) is 11.4. The van der Waals surface area contributed by atoms with Gasteiger partial charge in [-0.2, -0.15) is 15.0 Å². The summed E-state index contributed by atoms with van der Waals surface area (Å²) < 4.78 is 0. The third kappa shape index (κ3) is 2.47. The van der Waals surface area contributed by atoms with Crippen LogP contribution in [0.5, 0.6) is 0 Å². The number of aromatic nitrogens is 3. The summed E-state index contributed by atoms with van der Waals surface area (Å²) in [5, 5.41) is 0. The van der Waals surface area contributed by atoms with Gasteiger partial charge in [0.05, 0.1) is 0 Å². The molecule has 0 bridgehead atoms. The zero-order valence-corrected chi connectivity index (χ0v) is 11.4. The fourth-order valence-electron chi connectivity index (χ4n) is 1.64. The molecule has 0 aliphatic carbocycles. The molecule has 1 aromatic rings. The van der Waals surface area contributed by atoms with Crippen LogP contribution < -0.4 is 14.7 Å². The van der Waals surface area contributed by atoms with E-state index in [-0.39, 0.29) is 30.6 Å². The molecule has 1 saturated heterocycles. The molecule has 8 nitrogen and oxygen atoms in total. The van der Waals surface area contributed by atoms with E-state index in [1.807, 2.05) is 0 Å². The van der Waals surface area contributed by atoms with E-state index in [1.165, 1.54) is 0 Å². The minimum Gasteiger partial charge on any atom is -0.347 e. The van der Waals surface area contributed by atoms with Crippen molar-refractivity contribution in [3.8, 4) is 0 Å². The highest BCUT2D eigenvalue weighted by molar-refractivity contribution is 6.18. The van der Waals surface area contributed by atoms with Crippen molar-refractivity contribution in [3.63, 3.8) is 0 Å². The lowest BCUT2D eigenvalue weighted by atomic mass is 10.4. The van der Waals surface area contributed by atoms with Crippen molar-refractivity contribution in [2.24, 2.45) is 0 Å². The second kappa shape index (κ2) is 4.79. The van der Waals surface area contributed by atoms with Crippen molar-refractivity contribution in [3.05, 3.63) is 0 Å². The molecule has 0 saturated carbocycles. The lowest BCUT2D eigenvalue weighted by molar-refractivity contribution is -0.121. The highest BCUT2D eigenvalue weighted by Crippen LogP contribution is 2.22. The molecule has 0 aromatic carbocycles. The molecule has 2 rings (SSSR count). The summed E-state index contributed by atoms with van der Waals surface area (Å²) >= 11 is 0. The average Bonchev–Trinajstić information content (AvgIpc) is 2.68. The van der Waals surface area contributed by atoms with Gasteiger partial charge in [0.2, 0.25) is 29.7 Å². The van der Waals surface area contributed by atoms with Crippen molar-refractivity contribution >= 4 is 29.7 Å². The highest BCUT2D eigenvalue weighted by atomic mass is 16.2. The molecule has 1 fully saturated rings. The number of carbonyl (C=O) groups excluding carboxylic acids is 2. The Bertz CT molecular complexity index is 486. The van der Waals surface area contributed by atoms with Crippen LogP contribution in [0.3, 0.4) is 0 Å². The molecule has 1 aliphatic rings. The number of carbonyl (C=O) groups is 2. The van der Waals surface area contributed by atoms with Crippen molar-refractivity contribution in [1.29, 1.82) is 0 Å². The van der Waals surface area contributed by atoms with Crippen LogP contribution in [0.2, 0.25) is 0 Å². The molecule has 2 amide bonds. The molecule has 102 valence electrons. The SMILES string of the molecule is CN(C)c1nc(N(C)C)nc(N2C(=O)CCC2=O)n1. The number of hydrogen-bond donors (Lipinski definition) is 0. The maximum absolute atomic E-state index is 11.7. The largest absolute Gasteiger partial charge is 0.347 e. The quantitative estimate of drug-likeness (QED) is 0.690. The van der Waals surface area contributed by atoms with Crippen LogP contribution in [-0.4, -0.2) is 55.0 Å². The maximum atomic E-state index is 11.7. The number of imide groups is 1. The topological polar surface area (TPSA) is 82.5 Å². The molecule has 1 aromatic heterocycles. The predicted octanol–water partition coefficient (Wildman–Crippen LogP) is -0.343. The van der Waals surface area contributed by atoms with Gasteiger partial charge in [-0.15, -0.1) is 0 Å². The van der Waals surface area contributed by atoms with Gasteiger partial charge in [-0.25, -0.2) is 4.90 Å². The average molecular weight is 264 g/mol. The smallest absolute Gasteiger partial charge is 0.245 e. The Morgan fingerprint density at radius 1 is 0.842 bits per heavy atom. The van der Waals surface area contributed by atoms with E-state index in [0.717, 1.165) is 4.90 Å². The number of amides is 2.